The van der Waals surface area contributed by atoms with Gasteiger partial charge in [0.15, 0.2) is 11.8 Å². The van der Waals surface area contributed by atoms with E-state index >= 15 is 0 Å². The largest absolute Gasteiger partial charge is 0.480 e. The normalized spacial score (nSPS) is 20.8. The zero-order valence-electron chi connectivity index (χ0n) is 12.6. The van der Waals surface area contributed by atoms with Gasteiger partial charge in [-0.05, 0) is 14.1 Å². The van der Waals surface area contributed by atoms with E-state index in [1.54, 1.807) is 25.9 Å². The van der Waals surface area contributed by atoms with Gasteiger partial charge in [0.25, 0.3) is 0 Å². The summed E-state index contributed by atoms with van der Waals surface area (Å²) in [5, 5.41) is 12.0. The molecule has 0 aromatic heterocycles. The van der Waals surface area contributed by atoms with E-state index in [2.05, 4.69) is 10.3 Å². The number of carboxylic acid groups (broad SMARTS) is 1. The number of aliphatic carboxylic acids is 1. The van der Waals surface area contributed by atoms with Crippen molar-refractivity contribution in [2.75, 3.05) is 26.9 Å². The summed E-state index contributed by atoms with van der Waals surface area (Å²) in [5.74, 6) is -1.48. The molecule has 1 heterocycles. The molecule has 1 aliphatic heterocycles. The number of likely N-dealkylation sites (N-methyl/N-ethyl adjacent to an activating group) is 2. The van der Waals surface area contributed by atoms with Crippen LogP contribution >= 0.6 is 11.8 Å². The molecular weight excluding hydrogens is 294 g/mol. The van der Waals surface area contributed by atoms with Crippen LogP contribution in [0.15, 0.2) is 4.99 Å². The molecule has 2 unspecified atom stereocenters. The summed E-state index contributed by atoms with van der Waals surface area (Å²) in [6.07, 6.45) is 0.370. The first-order valence-electron chi connectivity index (χ1n) is 6.62. The van der Waals surface area contributed by atoms with E-state index in [0.29, 0.717) is 17.2 Å². The Bertz CT molecular complexity index is 464. The molecule has 7 nitrogen and oxygen atoms in total. The SMILES string of the molecule is CNC(=O)C(C(=O)[C@H](C)CC1=NC(C(=O)O)CS1)N(C)C. The number of carbonyl (C=O) groups is 3. The summed E-state index contributed by atoms with van der Waals surface area (Å²) in [7, 11) is 4.84. The highest BCUT2D eigenvalue weighted by atomic mass is 32.2. The van der Waals surface area contributed by atoms with Crippen molar-refractivity contribution >= 4 is 34.5 Å². The van der Waals surface area contributed by atoms with Crippen molar-refractivity contribution in [2.45, 2.75) is 25.4 Å². The predicted octanol–water partition coefficient (Wildman–Crippen LogP) is -0.144. The molecule has 0 fully saturated rings. The summed E-state index contributed by atoms with van der Waals surface area (Å²) in [4.78, 5) is 40.7. The van der Waals surface area contributed by atoms with Gasteiger partial charge in [0.1, 0.15) is 6.04 Å². The summed E-state index contributed by atoms with van der Waals surface area (Å²) in [5.41, 5.74) is 0. The third-order valence-electron chi connectivity index (χ3n) is 3.24. The highest BCUT2D eigenvalue weighted by Gasteiger charge is 2.33. The topological polar surface area (TPSA) is 99.1 Å². The number of amides is 1. The van der Waals surface area contributed by atoms with Gasteiger partial charge in [-0.2, -0.15) is 0 Å². The van der Waals surface area contributed by atoms with E-state index in [0.717, 1.165) is 0 Å². The van der Waals surface area contributed by atoms with Crippen LogP contribution < -0.4 is 5.32 Å². The molecule has 0 aliphatic carbocycles. The Morgan fingerprint density at radius 2 is 2.10 bits per heavy atom. The Kier molecular flexibility index (Phi) is 6.35. The number of rotatable bonds is 7. The second-order valence-electron chi connectivity index (χ2n) is 5.18. The maximum atomic E-state index is 12.4. The number of carboxylic acids is 1. The Hall–Kier alpha value is -1.41. The molecule has 3 atom stereocenters. The molecule has 0 aromatic carbocycles. The van der Waals surface area contributed by atoms with Gasteiger partial charge in [0.2, 0.25) is 5.91 Å². The summed E-state index contributed by atoms with van der Waals surface area (Å²) in [6, 6.07) is -1.57. The Labute approximate surface area is 128 Å². The monoisotopic (exact) mass is 315 g/mol. The number of hydrogen-bond donors (Lipinski definition) is 2. The van der Waals surface area contributed by atoms with Gasteiger partial charge in [-0.25, -0.2) is 4.79 Å². The van der Waals surface area contributed by atoms with E-state index in [-0.39, 0.29) is 11.7 Å². The van der Waals surface area contributed by atoms with Crippen LogP contribution in [0.5, 0.6) is 0 Å². The van der Waals surface area contributed by atoms with Gasteiger partial charge in [-0.15, -0.1) is 11.8 Å². The van der Waals surface area contributed by atoms with Crippen molar-refractivity contribution in [3.63, 3.8) is 0 Å². The first kappa shape index (κ1) is 17.6. The fourth-order valence-corrected chi connectivity index (χ4v) is 3.19. The minimum Gasteiger partial charge on any atom is -0.480 e. The van der Waals surface area contributed by atoms with E-state index in [1.165, 1.54) is 18.8 Å². The van der Waals surface area contributed by atoms with Crippen LogP contribution in [-0.2, 0) is 14.4 Å². The molecule has 0 saturated carbocycles. The lowest BCUT2D eigenvalue weighted by molar-refractivity contribution is -0.138. The number of Topliss-reactive ketones (excluding diaryl/α,β-unsaturated/α-hetero) is 1. The highest BCUT2D eigenvalue weighted by molar-refractivity contribution is 8.14. The second kappa shape index (κ2) is 7.56. The van der Waals surface area contributed by atoms with Crippen LogP contribution in [0.1, 0.15) is 13.3 Å². The Morgan fingerprint density at radius 1 is 1.48 bits per heavy atom. The molecule has 8 heteroatoms. The molecule has 0 radical (unpaired) electrons. The van der Waals surface area contributed by atoms with Crippen LogP contribution in [0.25, 0.3) is 0 Å². The smallest absolute Gasteiger partial charge is 0.329 e. The van der Waals surface area contributed by atoms with E-state index in [4.69, 9.17) is 5.11 Å². The average Bonchev–Trinajstić information content (AvgIpc) is 2.86. The van der Waals surface area contributed by atoms with Crippen molar-refractivity contribution in [1.82, 2.24) is 10.2 Å². The fourth-order valence-electron chi connectivity index (χ4n) is 2.05. The highest BCUT2D eigenvalue weighted by Crippen LogP contribution is 2.24. The lowest BCUT2D eigenvalue weighted by Crippen LogP contribution is -2.49. The fraction of sp³-hybridized carbons (Fsp3) is 0.692. The molecule has 2 N–H and O–H groups in total. The van der Waals surface area contributed by atoms with Crippen LogP contribution in [-0.4, -0.2) is 71.7 Å². The number of nitrogens with zero attached hydrogens (tertiary/aromatic N) is 2. The Balaban J connectivity index is 2.72. The lowest BCUT2D eigenvalue weighted by atomic mass is 9.96. The van der Waals surface area contributed by atoms with Gasteiger partial charge in [-0.3, -0.25) is 19.5 Å². The van der Waals surface area contributed by atoms with Crippen molar-refractivity contribution in [2.24, 2.45) is 10.9 Å². The average molecular weight is 315 g/mol. The molecule has 0 aromatic rings. The summed E-state index contributed by atoms with van der Waals surface area (Å²) >= 11 is 1.36. The third kappa shape index (κ3) is 4.53. The van der Waals surface area contributed by atoms with Gasteiger partial charge < -0.3 is 10.4 Å². The molecule has 21 heavy (non-hydrogen) atoms. The van der Waals surface area contributed by atoms with E-state index in [1.807, 2.05) is 0 Å². The zero-order chi connectivity index (χ0) is 16.2. The summed E-state index contributed by atoms with van der Waals surface area (Å²) in [6.45, 7) is 1.74. The number of hydrogen-bond acceptors (Lipinski definition) is 6. The predicted molar refractivity (Wildman–Crippen MR) is 81.6 cm³/mol. The molecule has 1 aliphatic rings. The third-order valence-corrected chi connectivity index (χ3v) is 4.33. The first-order valence-corrected chi connectivity index (χ1v) is 7.60. The van der Waals surface area contributed by atoms with Gasteiger partial charge >= 0.3 is 5.97 Å². The van der Waals surface area contributed by atoms with Crippen LogP contribution in [0.2, 0.25) is 0 Å². The molecule has 0 spiro atoms. The van der Waals surface area contributed by atoms with E-state index in [9.17, 15) is 14.4 Å². The van der Waals surface area contributed by atoms with Crippen molar-refractivity contribution in [3.8, 4) is 0 Å². The number of ketones is 1. The minimum atomic E-state index is -0.951. The molecule has 1 rings (SSSR count). The number of thioether (sulfide) groups is 1. The molecule has 1 amide bonds. The second-order valence-corrected chi connectivity index (χ2v) is 6.27. The molecular formula is C13H21N3O4S. The van der Waals surface area contributed by atoms with Crippen LogP contribution in [0.3, 0.4) is 0 Å². The standard InChI is InChI=1S/C13H21N3O4S/c1-7(5-9-15-8(6-21-9)13(19)20)11(17)10(16(3)4)12(18)14-2/h7-8,10H,5-6H2,1-4H3,(H,14,18)(H,19,20)/t7-,8?,10?/m1/s1. The maximum absolute atomic E-state index is 12.4. The quantitative estimate of drug-likeness (QED) is 0.634. The van der Waals surface area contributed by atoms with E-state index < -0.39 is 24.0 Å². The number of aliphatic imine (C=N–C) groups is 1. The first-order chi connectivity index (χ1) is 9.77. The minimum absolute atomic E-state index is 0.193. The molecule has 0 bridgehead atoms. The number of nitrogens with one attached hydrogen (secondary N) is 1. The van der Waals surface area contributed by atoms with Gasteiger partial charge in [-0.1, -0.05) is 6.92 Å². The van der Waals surface area contributed by atoms with Crippen molar-refractivity contribution < 1.29 is 19.5 Å². The van der Waals surface area contributed by atoms with Crippen molar-refractivity contribution in [3.05, 3.63) is 0 Å². The van der Waals surface area contributed by atoms with Gasteiger partial charge in [0.05, 0.1) is 5.04 Å². The zero-order valence-corrected chi connectivity index (χ0v) is 13.4. The van der Waals surface area contributed by atoms with Crippen molar-refractivity contribution in [1.29, 1.82) is 0 Å². The Morgan fingerprint density at radius 3 is 2.52 bits per heavy atom. The summed E-state index contributed by atoms with van der Waals surface area (Å²) < 4.78 is 0. The van der Waals surface area contributed by atoms with Gasteiger partial charge in [0, 0.05) is 25.1 Å². The van der Waals surface area contributed by atoms with Crippen LogP contribution in [0, 0.1) is 5.92 Å². The molecule has 0 saturated heterocycles. The molecule has 118 valence electrons. The van der Waals surface area contributed by atoms with Crippen LogP contribution in [0.4, 0.5) is 0 Å². The lowest BCUT2D eigenvalue weighted by Gasteiger charge is -2.24. The number of carbonyl (C=O) groups excluding carboxylic acids is 2. The maximum Gasteiger partial charge on any atom is 0.329 e.